The number of rotatable bonds is 4. The van der Waals surface area contributed by atoms with Crippen LogP contribution in [0.3, 0.4) is 0 Å². The molecule has 110 valence electrons. The number of amides is 2. The van der Waals surface area contributed by atoms with Crippen LogP contribution in [0.25, 0.3) is 0 Å². The van der Waals surface area contributed by atoms with Gasteiger partial charge in [-0.25, -0.2) is 4.79 Å². The number of carbonyl (C=O) groups excluding carboxylic acids is 1. The molecular weight excluding hydrogens is 273 g/mol. The van der Waals surface area contributed by atoms with Gasteiger partial charge in [0.1, 0.15) is 0 Å². The minimum absolute atomic E-state index is 0.0768. The van der Waals surface area contributed by atoms with Crippen molar-refractivity contribution >= 4 is 11.7 Å². The van der Waals surface area contributed by atoms with Crippen LogP contribution in [0.1, 0.15) is 18.4 Å². The third kappa shape index (κ3) is 3.63. The highest BCUT2D eigenvalue weighted by molar-refractivity contribution is 5.89. The standard InChI is InChI=1S/C13H15F3N2O2/c14-13(15,16)9-2-1-3-10(8-9)17-12(20)18(6-7-19)11-4-5-11/h1-3,8,11,19H,4-7H2,(H,17,20). The molecule has 0 spiro atoms. The van der Waals surface area contributed by atoms with E-state index in [0.717, 1.165) is 25.0 Å². The van der Waals surface area contributed by atoms with Crippen LogP contribution in [-0.4, -0.2) is 35.2 Å². The molecule has 1 saturated carbocycles. The van der Waals surface area contributed by atoms with Crippen LogP contribution in [0, 0.1) is 0 Å². The summed E-state index contributed by atoms with van der Waals surface area (Å²) in [5, 5.41) is 11.3. The van der Waals surface area contributed by atoms with Crippen LogP contribution in [0.4, 0.5) is 23.7 Å². The van der Waals surface area contributed by atoms with Crippen molar-refractivity contribution in [3.05, 3.63) is 29.8 Å². The third-order valence-electron chi connectivity index (χ3n) is 3.03. The highest BCUT2D eigenvalue weighted by atomic mass is 19.4. The first-order chi connectivity index (χ1) is 9.41. The molecule has 2 amide bonds. The Kier molecular flexibility index (Phi) is 4.17. The topological polar surface area (TPSA) is 52.6 Å². The summed E-state index contributed by atoms with van der Waals surface area (Å²) in [6, 6.07) is 4.07. The van der Waals surface area contributed by atoms with Crippen molar-refractivity contribution in [3.8, 4) is 0 Å². The molecule has 1 aromatic carbocycles. The molecule has 20 heavy (non-hydrogen) atoms. The fraction of sp³-hybridized carbons (Fsp3) is 0.462. The maximum atomic E-state index is 12.6. The largest absolute Gasteiger partial charge is 0.416 e. The molecule has 2 rings (SSSR count). The van der Waals surface area contributed by atoms with Crippen molar-refractivity contribution in [2.75, 3.05) is 18.5 Å². The second-order valence-corrected chi connectivity index (χ2v) is 4.66. The Morgan fingerprint density at radius 1 is 1.40 bits per heavy atom. The Morgan fingerprint density at radius 3 is 2.65 bits per heavy atom. The molecule has 0 aliphatic heterocycles. The van der Waals surface area contributed by atoms with Gasteiger partial charge in [0.05, 0.1) is 12.2 Å². The Morgan fingerprint density at radius 2 is 2.10 bits per heavy atom. The van der Waals surface area contributed by atoms with Crippen LogP contribution in [0.15, 0.2) is 24.3 Å². The fourth-order valence-electron chi connectivity index (χ4n) is 1.91. The zero-order chi connectivity index (χ0) is 14.8. The number of aliphatic hydroxyl groups is 1. The number of hydrogen-bond donors (Lipinski definition) is 2. The number of nitrogens with one attached hydrogen (secondary N) is 1. The number of urea groups is 1. The lowest BCUT2D eigenvalue weighted by Crippen LogP contribution is -2.38. The van der Waals surface area contributed by atoms with Gasteiger partial charge < -0.3 is 15.3 Å². The van der Waals surface area contributed by atoms with Crippen LogP contribution < -0.4 is 5.32 Å². The maximum Gasteiger partial charge on any atom is 0.416 e. The molecular formula is C13H15F3N2O2. The lowest BCUT2D eigenvalue weighted by Gasteiger charge is -2.22. The summed E-state index contributed by atoms with van der Waals surface area (Å²) in [7, 11) is 0. The van der Waals surface area contributed by atoms with E-state index in [0.29, 0.717) is 0 Å². The summed E-state index contributed by atoms with van der Waals surface area (Å²) in [4.78, 5) is 13.4. The van der Waals surface area contributed by atoms with Crippen molar-refractivity contribution in [3.63, 3.8) is 0 Å². The molecule has 4 nitrogen and oxygen atoms in total. The molecule has 0 bridgehead atoms. The summed E-state index contributed by atoms with van der Waals surface area (Å²) in [6.45, 7) is 0.00196. The summed E-state index contributed by atoms with van der Waals surface area (Å²) < 4.78 is 37.7. The molecule has 0 aromatic heterocycles. The highest BCUT2D eigenvalue weighted by Gasteiger charge is 2.33. The predicted molar refractivity (Wildman–Crippen MR) is 67.3 cm³/mol. The van der Waals surface area contributed by atoms with E-state index in [1.54, 1.807) is 0 Å². The van der Waals surface area contributed by atoms with Crippen molar-refractivity contribution in [1.29, 1.82) is 0 Å². The Balaban J connectivity index is 2.07. The number of alkyl halides is 3. The maximum absolute atomic E-state index is 12.6. The van der Waals surface area contributed by atoms with E-state index < -0.39 is 17.8 Å². The average molecular weight is 288 g/mol. The summed E-state index contributed by atoms with van der Waals surface area (Å²) in [6.07, 6.45) is -2.73. The number of benzene rings is 1. The van der Waals surface area contributed by atoms with E-state index in [-0.39, 0.29) is 24.9 Å². The highest BCUT2D eigenvalue weighted by Crippen LogP contribution is 2.31. The number of carbonyl (C=O) groups is 1. The fourth-order valence-corrected chi connectivity index (χ4v) is 1.91. The van der Waals surface area contributed by atoms with E-state index in [1.165, 1.54) is 17.0 Å². The number of anilines is 1. The SMILES string of the molecule is O=C(Nc1cccc(C(F)(F)F)c1)N(CCO)C1CC1. The summed E-state index contributed by atoms with van der Waals surface area (Å²) in [5.74, 6) is 0. The molecule has 0 radical (unpaired) electrons. The van der Waals surface area contributed by atoms with Crippen LogP contribution >= 0.6 is 0 Å². The van der Waals surface area contributed by atoms with Crippen LogP contribution in [-0.2, 0) is 6.18 Å². The zero-order valence-corrected chi connectivity index (χ0v) is 10.7. The van der Waals surface area contributed by atoms with Gasteiger partial charge in [0.25, 0.3) is 0 Å². The van der Waals surface area contributed by atoms with Crippen molar-refractivity contribution in [1.82, 2.24) is 4.90 Å². The lowest BCUT2D eigenvalue weighted by molar-refractivity contribution is -0.137. The van der Waals surface area contributed by atoms with E-state index in [4.69, 9.17) is 5.11 Å². The molecule has 1 aliphatic rings. The van der Waals surface area contributed by atoms with Gasteiger partial charge in [-0.2, -0.15) is 13.2 Å². The van der Waals surface area contributed by atoms with Gasteiger partial charge >= 0.3 is 12.2 Å². The minimum atomic E-state index is -4.44. The first-order valence-corrected chi connectivity index (χ1v) is 6.27. The molecule has 1 aliphatic carbocycles. The zero-order valence-electron chi connectivity index (χ0n) is 10.7. The van der Waals surface area contributed by atoms with Crippen molar-refractivity contribution in [2.24, 2.45) is 0 Å². The predicted octanol–water partition coefficient (Wildman–Crippen LogP) is 2.69. The molecule has 0 saturated heterocycles. The van der Waals surface area contributed by atoms with Crippen molar-refractivity contribution in [2.45, 2.75) is 25.1 Å². The van der Waals surface area contributed by atoms with Gasteiger partial charge in [-0.1, -0.05) is 6.07 Å². The minimum Gasteiger partial charge on any atom is -0.395 e. The van der Waals surface area contributed by atoms with Crippen molar-refractivity contribution < 1.29 is 23.1 Å². The Labute approximate surface area is 114 Å². The van der Waals surface area contributed by atoms with Gasteiger partial charge in [0.15, 0.2) is 0 Å². The quantitative estimate of drug-likeness (QED) is 0.895. The average Bonchev–Trinajstić information content (AvgIpc) is 3.19. The second-order valence-electron chi connectivity index (χ2n) is 4.66. The first-order valence-electron chi connectivity index (χ1n) is 6.27. The van der Waals surface area contributed by atoms with Gasteiger partial charge in [-0.15, -0.1) is 0 Å². The molecule has 1 fully saturated rings. The van der Waals surface area contributed by atoms with Gasteiger partial charge in [0.2, 0.25) is 0 Å². The van der Waals surface area contributed by atoms with E-state index in [2.05, 4.69) is 5.32 Å². The van der Waals surface area contributed by atoms with Crippen LogP contribution in [0.5, 0.6) is 0 Å². The lowest BCUT2D eigenvalue weighted by atomic mass is 10.2. The Bertz CT molecular complexity index is 487. The Hall–Kier alpha value is -1.76. The normalized spacial score (nSPS) is 15.0. The molecule has 1 aromatic rings. The number of aliphatic hydroxyl groups excluding tert-OH is 1. The van der Waals surface area contributed by atoms with E-state index in [1.807, 2.05) is 0 Å². The molecule has 7 heteroatoms. The van der Waals surface area contributed by atoms with E-state index >= 15 is 0 Å². The number of hydrogen-bond acceptors (Lipinski definition) is 2. The number of nitrogens with zero attached hydrogens (tertiary/aromatic N) is 1. The smallest absolute Gasteiger partial charge is 0.395 e. The monoisotopic (exact) mass is 288 g/mol. The molecule has 0 unspecified atom stereocenters. The number of halogens is 3. The third-order valence-corrected chi connectivity index (χ3v) is 3.03. The van der Waals surface area contributed by atoms with Gasteiger partial charge in [0, 0.05) is 18.3 Å². The second kappa shape index (κ2) is 5.70. The van der Waals surface area contributed by atoms with Gasteiger partial charge in [-0.05, 0) is 31.0 Å². The summed E-state index contributed by atoms with van der Waals surface area (Å²) in [5.41, 5.74) is -0.719. The van der Waals surface area contributed by atoms with E-state index in [9.17, 15) is 18.0 Å². The van der Waals surface area contributed by atoms with Gasteiger partial charge in [-0.3, -0.25) is 0 Å². The molecule has 0 heterocycles. The molecule has 0 atom stereocenters. The first kappa shape index (κ1) is 14.6. The molecule has 2 N–H and O–H groups in total. The summed E-state index contributed by atoms with van der Waals surface area (Å²) >= 11 is 0. The van der Waals surface area contributed by atoms with Crippen LogP contribution in [0.2, 0.25) is 0 Å².